The fraction of sp³-hybridized carbons (Fsp3) is 0.467. The van der Waals surface area contributed by atoms with Crippen molar-refractivity contribution >= 4 is 21.6 Å². The van der Waals surface area contributed by atoms with Crippen LogP contribution in [0.3, 0.4) is 0 Å². The Kier molecular flexibility index (Phi) is 5.43. The van der Waals surface area contributed by atoms with E-state index in [9.17, 15) is 8.42 Å². The Morgan fingerprint density at radius 1 is 1.24 bits per heavy atom. The summed E-state index contributed by atoms with van der Waals surface area (Å²) in [6.07, 6.45) is 2.17. The fourth-order valence-corrected chi connectivity index (χ4v) is 3.96. The van der Waals surface area contributed by atoms with Gasteiger partial charge in [0.15, 0.2) is 0 Å². The van der Waals surface area contributed by atoms with Crippen LogP contribution in [-0.2, 0) is 10.0 Å². The first kappa shape index (κ1) is 16.5. The molecule has 0 amide bonds. The molecule has 116 valence electrons. The second kappa shape index (κ2) is 6.92. The van der Waals surface area contributed by atoms with Crippen LogP contribution in [0.4, 0.5) is 0 Å². The standard InChI is InChI=1S/C15H21ClN2O2S/c1-13(2)6-7-17-8-10-18(11-9-17)21(19,20)15-5-3-4-14(16)12-15/h3-6,12H,7-11H2,1-2H3. The van der Waals surface area contributed by atoms with E-state index in [1.165, 1.54) is 15.9 Å². The third kappa shape index (κ3) is 4.30. The van der Waals surface area contributed by atoms with Gasteiger partial charge in [-0.2, -0.15) is 4.31 Å². The van der Waals surface area contributed by atoms with Crippen molar-refractivity contribution in [2.45, 2.75) is 18.7 Å². The van der Waals surface area contributed by atoms with E-state index >= 15 is 0 Å². The highest BCUT2D eigenvalue weighted by molar-refractivity contribution is 7.89. The summed E-state index contributed by atoms with van der Waals surface area (Å²) in [5.74, 6) is 0. The second-order valence-corrected chi connectivity index (χ2v) is 7.82. The number of sulfonamides is 1. The third-order valence-electron chi connectivity index (χ3n) is 3.52. The molecule has 1 fully saturated rings. The van der Waals surface area contributed by atoms with Gasteiger partial charge in [-0.15, -0.1) is 0 Å². The van der Waals surface area contributed by atoms with Crippen LogP contribution in [-0.4, -0.2) is 50.3 Å². The van der Waals surface area contributed by atoms with E-state index in [-0.39, 0.29) is 4.90 Å². The van der Waals surface area contributed by atoms with Crippen LogP contribution in [0.15, 0.2) is 40.8 Å². The van der Waals surface area contributed by atoms with Gasteiger partial charge in [0, 0.05) is 37.7 Å². The number of benzene rings is 1. The van der Waals surface area contributed by atoms with Crippen molar-refractivity contribution in [2.24, 2.45) is 0 Å². The zero-order valence-electron chi connectivity index (χ0n) is 12.4. The number of nitrogens with zero attached hydrogens (tertiary/aromatic N) is 2. The predicted octanol–water partition coefficient (Wildman–Crippen LogP) is 2.61. The van der Waals surface area contributed by atoms with E-state index in [1.54, 1.807) is 18.2 Å². The van der Waals surface area contributed by atoms with Gasteiger partial charge >= 0.3 is 0 Å². The SMILES string of the molecule is CC(C)=CCN1CCN(S(=O)(=O)c2cccc(Cl)c2)CC1. The Hall–Kier alpha value is -0.880. The molecular formula is C15H21ClN2O2S. The maximum absolute atomic E-state index is 12.5. The van der Waals surface area contributed by atoms with Crippen LogP contribution in [0.5, 0.6) is 0 Å². The molecule has 0 N–H and O–H groups in total. The first-order valence-electron chi connectivity index (χ1n) is 7.01. The summed E-state index contributed by atoms with van der Waals surface area (Å²) >= 11 is 5.89. The molecule has 1 aromatic rings. The molecular weight excluding hydrogens is 308 g/mol. The molecule has 0 saturated carbocycles. The Morgan fingerprint density at radius 3 is 2.48 bits per heavy atom. The molecule has 0 unspecified atom stereocenters. The summed E-state index contributed by atoms with van der Waals surface area (Å²) in [5, 5.41) is 0.443. The first-order valence-corrected chi connectivity index (χ1v) is 8.83. The molecule has 0 bridgehead atoms. The maximum atomic E-state index is 12.5. The van der Waals surface area contributed by atoms with Crippen LogP contribution < -0.4 is 0 Å². The van der Waals surface area contributed by atoms with Crippen molar-refractivity contribution in [1.29, 1.82) is 0 Å². The van der Waals surface area contributed by atoms with Crippen molar-refractivity contribution in [3.8, 4) is 0 Å². The zero-order chi connectivity index (χ0) is 15.5. The normalized spacial score (nSPS) is 17.7. The van der Waals surface area contributed by atoms with Crippen molar-refractivity contribution in [2.75, 3.05) is 32.7 Å². The average molecular weight is 329 g/mol. The summed E-state index contributed by atoms with van der Waals surface area (Å²) in [7, 11) is -3.43. The molecule has 1 aliphatic rings. The molecule has 21 heavy (non-hydrogen) atoms. The molecule has 1 saturated heterocycles. The number of halogens is 1. The largest absolute Gasteiger partial charge is 0.297 e. The van der Waals surface area contributed by atoms with Crippen molar-refractivity contribution in [1.82, 2.24) is 9.21 Å². The molecule has 1 aliphatic heterocycles. The molecule has 1 aromatic carbocycles. The predicted molar refractivity (Wildman–Crippen MR) is 86.1 cm³/mol. The summed E-state index contributed by atoms with van der Waals surface area (Å²) in [4.78, 5) is 2.53. The second-order valence-electron chi connectivity index (χ2n) is 5.44. The lowest BCUT2D eigenvalue weighted by Gasteiger charge is -2.33. The Labute approximate surface area is 132 Å². The third-order valence-corrected chi connectivity index (χ3v) is 5.65. The van der Waals surface area contributed by atoms with Gasteiger partial charge in [0.1, 0.15) is 0 Å². The fourth-order valence-electron chi connectivity index (χ4n) is 2.24. The summed E-state index contributed by atoms with van der Waals surface area (Å²) in [6, 6.07) is 6.45. The van der Waals surface area contributed by atoms with Gasteiger partial charge in [0.25, 0.3) is 0 Å². The van der Waals surface area contributed by atoms with Crippen LogP contribution in [0.25, 0.3) is 0 Å². The lowest BCUT2D eigenvalue weighted by molar-refractivity contribution is 0.204. The van der Waals surface area contributed by atoms with Gasteiger partial charge in [0.2, 0.25) is 10.0 Å². The average Bonchev–Trinajstić information content (AvgIpc) is 2.45. The molecule has 0 aromatic heterocycles. The molecule has 1 heterocycles. The Bertz CT molecular complexity index is 616. The topological polar surface area (TPSA) is 40.6 Å². The molecule has 0 spiro atoms. The minimum Gasteiger partial charge on any atom is -0.297 e. The zero-order valence-corrected chi connectivity index (χ0v) is 14.0. The summed E-state index contributed by atoms with van der Waals surface area (Å²) in [6.45, 7) is 7.57. The van der Waals surface area contributed by atoms with E-state index < -0.39 is 10.0 Å². The molecule has 2 rings (SSSR count). The molecule has 0 aliphatic carbocycles. The van der Waals surface area contributed by atoms with Gasteiger partial charge in [-0.3, -0.25) is 4.90 Å². The molecule has 0 atom stereocenters. The van der Waals surface area contributed by atoms with Crippen LogP contribution >= 0.6 is 11.6 Å². The highest BCUT2D eigenvalue weighted by Gasteiger charge is 2.28. The van der Waals surface area contributed by atoms with Crippen LogP contribution in [0, 0.1) is 0 Å². The number of hydrogen-bond acceptors (Lipinski definition) is 3. The lowest BCUT2D eigenvalue weighted by Crippen LogP contribution is -2.48. The van der Waals surface area contributed by atoms with Crippen molar-refractivity contribution in [3.63, 3.8) is 0 Å². The van der Waals surface area contributed by atoms with E-state index in [0.717, 1.165) is 19.6 Å². The van der Waals surface area contributed by atoms with Gasteiger partial charge in [-0.25, -0.2) is 8.42 Å². The minimum atomic E-state index is -3.43. The number of hydrogen-bond donors (Lipinski definition) is 0. The molecule has 6 heteroatoms. The van der Waals surface area contributed by atoms with Crippen LogP contribution in [0.2, 0.25) is 5.02 Å². The smallest absolute Gasteiger partial charge is 0.243 e. The summed E-state index contributed by atoms with van der Waals surface area (Å²) in [5.41, 5.74) is 1.28. The highest BCUT2D eigenvalue weighted by Crippen LogP contribution is 2.20. The maximum Gasteiger partial charge on any atom is 0.243 e. The van der Waals surface area contributed by atoms with Gasteiger partial charge in [0.05, 0.1) is 4.90 Å². The first-order chi connectivity index (χ1) is 9.89. The van der Waals surface area contributed by atoms with E-state index in [1.807, 2.05) is 0 Å². The highest BCUT2D eigenvalue weighted by atomic mass is 35.5. The monoisotopic (exact) mass is 328 g/mol. The van der Waals surface area contributed by atoms with Crippen molar-refractivity contribution < 1.29 is 8.42 Å². The van der Waals surface area contributed by atoms with Gasteiger partial charge in [-0.05, 0) is 32.0 Å². The number of piperazine rings is 1. The van der Waals surface area contributed by atoms with E-state index in [2.05, 4.69) is 24.8 Å². The lowest BCUT2D eigenvalue weighted by atomic mass is 10.3. The Morgan fingerprint density at radius 2 is 1.90 bits per heavy atom. The quantitative estimate of drug-likeness (QED) is 0.798. The van der Waals surface area contributed by atoms with Crippen molar-refractivity contribution in [3.05, 3.63) is 40.9 Å². The molecule has 0 radical (unpaired) electrons. The van der Waals surface area contributed by atoms with E-state index in [0.29, 0.717) is 18.1 Å². The van der Waals surface area contributed by atoms with Gasteiger partial charge < -0.3 is 0 Å². The number of allylic oxidation sites excluding steroid dienone is 1. The van der Waals surface area contributed by atoms with E-state index in [4.69, 9.17) is 11.6 Å². The molecule has 4 nitrogen and oxygen atoms in total. The Balaban J connectivity index is 2.03. The van der Waals surface area contributed by atoms with Gasteiger partial charge in [-0.1, -0.05) is 29.3 Å². The minimum absolute atomic E-state index is 0.271. The number of rotatable bonds is 4. The summed E-state index contributed by atoms with van der Waals surface area (Å²) < 4.78 is 26.6. The van der Waals surface area contributed by atoms with Crippen LogP contribution in [0.1, 0.15) is 13.8 Å².